The standard InChI is InChI=1S/C25H18N4OS/c30-22(18-10-4-1-5-11-18)23(19-12-6-2-7-13-19)31-25-21-16-28-29(24(21)26-17-27-25)20-14-8-3-9-15-20/h1-17,23H/t23-/m0/s1. The summed E-state index contributed by atoms with van der Waals surface area (Å²) in [4.78, 5) is 22.4. The Morgan fingerprint density at radius 3 is 2.16 bits per heavy atom. The second kappa shape index (κ2) is 8.53. The van der Waals surface area contributed by atoms with Crippen molar-refractivity contribution in [2.75, 3.05) is 0 Å². The molecule has 2 aromatic heterocycles. The number of fused-ring (bicyclic) bond motifs is 1. The van der Waals surface area contributed by atoms with E-state index in [0.717, 1.165) is 21.7 Å². The zero-order valence-corrected chi connectivity index (χ0v) is 17.3. The van der Waals surface area contributed by atoms with Gasteiger partial charge >= 0.3 is 0 Å². The SMILES string of the molecule is O=C(c1ccccc1)[C@@H](Sc1ncnc2c1cnn2-c1ccccc1)c1ccccc1. The molecular weight excluding hydrogens is 404 g/mol. The fraction of sp³-hybridized carbons (Fsp3) is 0.0400. The van der Waals surface area contributed by atoms with Gasteiger partial charge in [0.2, 0.25) is 0 Å². The summed E-state index contributed by atoms with van der Waals surface area (Å²) < 4.78 is 1.79. The molecule has 0 amide bonds. The summed E-state index contributed by atoms with van der Waals surface area (Å²) in [5.74, 6) is 0.0408. The third-order valence-corrected chi connectivity index (χ3v) is 6.23. The molecule has 1 atom stereocenters. The number of carbonyl (C=O) groups excluding carboxylic acids is 1. The number of rotatable bonds is 6. The third-order valence-electron chi connectivity index (χ3n) is 4.96. The van der Waals surface area contributed by atoms with E-state index in [4.69, 9.17) is 0 Å². The first-order chi connectivity index (χ1) is 15.3. The molecule has 0 N–H and O–H groups in total. The van der Waals surface area contributed by atoms with Gasteiger partial charge in [0, 0.05) is 5.56 Å². The lowest BCUT2D eigenvalue weighted by Crippen LogP contribution is -2.10. The van der Waals surface area contributed by atoms with Crippen LogP contribution in [0.5, 0.6) is 0 Å². The third kappa shape index (κ3) is 3.85. The van der Waals surface area contributed by atoms with Crippen molar-refractivity contribution in [1.29, 1.82) is 0 Å². The molecule has 0 aliphatic rings. The molecule has 0 saturated carbocycles. The Bertz CT molecular complexity index is 1320. The summed E-state index contributed by atoms with van der Waals surface area (Å²) >= 11 is 1.43. The Kier molecular flexibility index (Phi) is 5.29. The van der Waals surface area contributed by atoms with Crippen molar-refractivity contribution in [3.63, 3.8) is 0 Å². The lowest BCUT2D eigenvalue weighted by atomic mass is 10.0. The number of hydrogen-bond acceptors (Lipinski definition) is 5. The van der Waals surface area contributed by atoms with E-state index in [1.54, 1.807) is 10.9 Å². The lowest BCUT2D eigenvalue weighted by molar-refractivity contribution is 0.0989. The summed E-state index contributed by atoms with van der Waals surface area (Å²) in [6.07, 6.45) is 3.29. The zero-order valence-electron chi connectivity index (χ0n) is 16.5. The quantitative estimate of drug-likeness (QED) is 0.204. The molecule has 0 spiro atoms. The summed E-state index contributed by atoms with van der Waals surface area (Å²) in [6.45, 7) is 0. The van der Waals surface area contributed by atoms with Gasteiger partial charge in [0.1, 0.15) is 11.4 Å². The van der Waals surface area contributed by atoms with Gasteiger partial charge in [-0.25, -0.2) is 14.6 Å². The van der Waals surface area contributed by atoms with Crippen LogP contribution in [0, 0.1) is 0 Å². The normalized spacial score (nSPS) is 12.0. The van der Waals surface area contributed by atoms with Gasteiger partial charge in [-0.05, 0) is 17.7 Å². The van der Waals surface area contributed by atoms with Crippen molar-refractivity contribution in [3.8, 4) is 5.69 Å². The Labute approximate surface area is 183 Å². The fourth-order valence-corrected chi connectivity index (χ4v) is 4.58. The molecule has 2 heterocycles. The predicted molar refractivity (Wildman–Crippen MR) is 122 cm³/mol. The Morgan fingerprint density at radius 2 is 1.45 bits per heavy atom. The molecule has 0 aliphatic heterocycles. The van der Waals surface area contributed by atoms with Crippen LogP contribution in [0.2, 0.25) is 0 Å². The number of aromatic nitrogens is 4. The summed E-state index contributed by atoms with van der Waals surface area (Å²) in [5.41, 5.74) is 3.24. The Balaban J connectivity index is 1.57. The van der Waals surface area contributed by atoms with Gasteiger partial charge in [-0.15, -0.1) is 0 Å². The smallest absolute Gasteiger partial charge is 0.180 e. The van der Waals surface area contributed by atoms with Gasteiger partial charge in [-0.2, -0.15) is 5.10 Å². The number of para-hydroxylation sites is 1. The molecule has 5 nitrogen and oxygen atoms in total. The van der Waals surface area contributed by atoms with Crippen LogP contribution in [0.1, 0.15) is 21.2 Å². The van der Waals surface area contributed by atoms with Gasteiger partial charge in [0.25, 0.3) is 0 Å². The van der Waals surface area contributed by atoms with E-state index in [2.05, 4.69) is 15.1 Å². The van der Waals surface area contributed by atoms with Crippen molar-refractivity contribution in [3.05, 3.63) is 115 Å². The average molecular weight is 423 g/mol. The Hall–Kier alpha value is -3.77. The fourth-order valence-electron chi connectivity index (χ4n) is 3.44. The van der Waals surface area contributed by atoms with Crippen molar-refractivity contribution >= 4 is 28.6 Å². The van der Waals surface area contributed by atoms with Gasteiger partial charge in [-0.1, -0.05) is 90.6 Å². The first-order valence-electron chi connectivity index (χ1n) is 9.86. The highest BCUT2D eigenvalue weighted by atomic mass is 32.2. The van der Waals surface area contributed by atoms with Crippen molar-refractivity contribution in [1.82, 2.24) is 19.7 Å². The molecule has 5 rings (SSSR count). The summed E-state index contributed by atoms with van der Waals surface area (Å²) in [5, 5.41) is 5.64. The minimum absolute atomic E-state index is 0.0408. The molecule has 0 unspecified atom stereocenters. The molecule has 0 bridgehead atoms. The highest BCUT2D eigenvalue weighted by Gasteiger charge is 2.25. The van der Waals surface area contributed by atoms with Crippen LogP contribution in [0.4, 0.5) is 0 Å². The first kappa shape index (κ1) is 19.2. The number of nitrogens with zero attached hydrogens (tertiary/aromatic N) is 4. The molecular formula is C25H18N4OS. The van der Waals surface area contributed by atoms with E-state index in [1.165, 1.54) is 18.1 Å². The molecule has 0 radical (unpaired) electrons. The van der Waals surface area contributed by atoms with E-state index in [9.17, 15) is 4.79 Å². The molecule has 3 aromatic carbocycles. The maximum absolute atomic E-state index is 13.4. The van der Waals surface area contributed by atoms with Crippen LogP contribution in [-0.4, -0.2) is 25.5 Å². The Morgan fingerprint density at radius 1 is 0.806 bits per heavy atom. The monoisotopic (exact) mass is 422 g/mol. The predicted octanol–water partition coefficient (Wildman–Crippen LogP) is 5.53. The van der Waals surface area contributed by atoms with Crippen LogP contribution >= 0.6 is 11.8 Å². The molecule has 0 fully saturated rings. The largest absolute Gasteiger partial charge is 0.293 e. The van der Waals surface area contributed by atoms with Crippen molar-refractivity contribution in [2.24, 2.45) is 0 Å². The van der Waals surface area contributed by atoms with Crippen molar-refractivity contribution in [2.45, 2.75) is 10.3 Å². The van der Waals surface area contributed by atoms with Gasteiger partial charge < -0.3 is 0 Å². The highest BCUT2D eigenvalue weighted by Crippen LogP contribution is 2.39. The summed E-state index contributed by atoms with van der Waals surface area (Å²) in [6, 6.07) is 29.0. The first-order valence-corrected chi connectivity index (χ1v) is 10.7. The number of carbonyl (C=O) groups is 1. The van der Waals surface area contributed by atoms with Crippen LogP contribution < -0.4 is 0 Å². The number of Topliss-reactive ketones (excluding diaryl/α,β-unsaturated/α-hetero) is 1. The maximum atomic E-state index is 13.4. The zero-order chi connectivity index (χ0) is 21.0. The van der Waals surface area contributed by atoms with Gasteiger partial charge in [0.05, 0.1) is 22.5 Å². The highest BCUT2D eigenvalue weighted by molar-refractivity contribution is 8.00. The second-order valence-electron chi connectivity index (χ2n) is 6.95. The molecule has 0 saturated heterocycles. The number of hydrogen-bond donors (Lipinski definition) is 0. The minimum atomic E-state index is -0.429. The van der Waals surface area contributed by atoms with E-state index < -0.39 is 5.25 Å². The van der Waals surface area contributed by atoms with Crippen LogP contribution in [0.3, 0.4) is 0 Å². The molecule has 5 aromatic rings. The van der Waals surface area contributed by atoms with E-state index in [1.807, 2.05) is 91.0 Å². The van der Waals surface area contributed by atoms with Crippen LogP contribution in [-0.2, 0) is 0 Å². The molecule has 31 heavy (non-hydrogen) atoms. The number of ketones is 1. The number of thioether (sulfide) groups is 1. The van der Waals surface area contributed by atoms with E-state index >= 15 is 0 Å². The maximum Gasteiger partial charge on any atom is 0.180 e. The van der Waals surface area contributed by atoms with E-state index in [-0.39, 0.29) is 5.78 Å². The van der Waals surface area contributed by atoms with Gasteiger partial charge in [0.15, 0.2) is 11.4 Å². The lowest BCUT2D eigenvalue weighted by Gasteiger charge is -2.16. The second-order valence-corrected chi connectivity index (χ2v) is 8.04. The van der Waals surface area contributed by atoms with Crippen LogP contribution in [0.25, 0.3) is 16.7 Å². The van der Waals surface area contributed by atoms with Crippen molar-refractivity contribution < 1.29 is 4.79 Å². The van der Waals surface area contributed by atoms with E-state index in [0.29, 0.717) is 11.2 Å². The minimum Gasteiger partial charge on any atom is -0.293 e. The topological polar surface area (TPSA) is 60.7 Å². The average Bonchev–Trinajstić information content (AvgIpc) is 3.29. The van der Waals surface area contributed by atoms with Crippen LogP contribution in [0.15, 0.2) is 109 Å². The molecule has 0 aliphatic carbocycles. The molecule has 150 valence electrons. The number of benzene rings is 3. The summed E-state index contributed by atoms with van der Waals surface area (Å²) in [7, 11) is 0. The molecule has 6 heteroatoms. The van der Waals surface area contributed by atoms with Gasteiger partial charge in [-0.3, -0.25) is 4.79 Å².